The zero-order valence-electron chi connectivity index (χ0n) is 25.6. The van der Waals surface area contributed by atoms with Crippen molar-refractivity contribution < 1.29 is 4.79 Å². The highest BCUT2D eigenvalue weighted by molar-refractivity contribution is 6.33. The number of amides is 1. The normalized spacial score (nSPS) is 19.2. The average molecular weight is 614 g/mol. The highest BCUT2D eigenvalue weighted by Crippen LogP contribution is 2.33. The summed E-state index contributed by atoms with van der Waals surface area (Å²) >= 11 is 6.56. The lowest BCUT2D eigenvalue weighted by Gasteiger charge is -2.35. The molecule has 0 spiro atoms. The van der Waals surface area contributed by atoms with Crippen LogP contribution in [0.5, 0.6) is 0 Å². The third-order valence-electron chi connectivity index (χ3n) is 8.98. The predicted molar refractivity (Wildman–Crippen MR) is 178 cm³/mol. The van der Waals surface area contributed by atoms with Crippen LogP contribution in [0.1, 0.15) is 50.6 Å². The molecule has 2 aliphatic rings. The second-order valence-electron chi connectivity index (χ2n) is 12.0. The smallest absolute Gasteiger partial charge is 0.260 e. The lowest BCUT2D eigenvalue weighted by atomic mass is 9.90. The van der Waals surface area contributed by atoms with E-state index in [1.54, 1.807) is 12.3 Å². The van der Waals surface area contributed by atoms with Crippen LogP contribution in [0.3, 0.4) is 0 Å². The van der Waals surface area contributed by atoms with Crippen molar-refractivity contribution in [1.29, 1.82) is 0 Å². The molecule has 1 amide bonds. The number of anilines is 3. The van der Waals surface area contributed by atoms with E-state index in [4.69, 9.17) is 16.6 Å². The summed E-state index contributed by atoms with van der Waals surface area (Å²) in [4.78, 5) is 40.6. The lowest BCUT2D eigenvalue weighted by Crippen LogP contribution is -2.44. The molecule has 2 fully saturated rings. The Morgan fingerprint density at radius 2 is 1.75 bits per heavy atom. The molecule has 44 heavy (non-hydrogen) atoms. The Labute approximate surface area is 263 Å². The Balaban J connectivity index is 1.34. The van der Waals surface area contributed by atoms with Crippen molar-refractivity contribution in [2.45, 2.75) is 58.0 Å². The molecule has 1 saturated heterocycles. The van der Waals surface area contributed by atoms with Gasteiger partial charge in [0.2, 0.25) is 11.9 Å². The number of carbonyl (C=O) groups excluding carboxylic acids is 1. The number of benzene rings is 2. The van der Waals surface area contributed by atoms with Crippen LogP contribution in [-0.4, -0.2) is 64.6 Å². The first-order chi connectivity index (χ1) is 21.3. The minimum Gasteiger partial charge on any atom is -0.369 e. The highest BCUT2D eigenvalue weighted by Gasteiger charge is 2.27. The minimum atomic E-state index is -0.122. The molecular weight excluding hydrogens is 574 g/mol. The number of rotatable bonds is 7. The van der Waals surface area contributed by atoms with E-state index < -0.39 is 0 Å². The van der Waals surface area contributed by atoms with Crippen LogP contribution >= 0.6 is 11.6 Å². The molecule has 230 valence electrons. The number of aryl methyl sites for hydroxylation is 1. The quantitative estimate of drug-likeness (QED) is 0.267. The Morgan fingerprint density at radius 3 is 2.45 bits per heavy atom. The van der Waals surface area contributed by atoms with E-state index in [1.807, 2.05) is 35.8 Å². The first-order valence-electron chi connectivity index (χ1n) is 15.6. The van der Waals surface area contributed by atoms with Crippen LogP contribution in [0.15, 0.2) is 59.5 Å². The van der Waals surface area contributed by atoms with Crippen molar-refractivity contribution in [2.24, 2.45) is 0 Å². The van der Waals surface area contributed by atoms with Gasteiger partial charge in [-0.25, -0.2) is 4.98 Å². The number of carbonyl (C=O) groups is 1. The van der Waals surface area contributed by atoms with Gasteiger partial charge in [-0.3, -0.25) is 14.2 Å². The molecule has 2 N–H and O–H groups in total. The summed E-state index contributed by atoms with van der Waals surface area (Å²) in [6, 6.07) is 15.7. The number of hydrogen-bond donors (Lipinski definition) is 2. The average Bonchev–Trinajstić information content (AvgIpc) is 3.02. The SMILES string of the molecule is CCC(=O)N[C@H]1CC[C@H](n2c(=O)c(-c3ccccc3Cl)cc3cnc(Nc4ccc(N5CCN(C)CC5)c(C)c4)nc32)CC1. The molecule has 10 heteroatoms. The van der Waals surface area contributed by atoms with Crippen molar-refractivity contribution in [2.75, 3.05) is 43.4 Å². The number of hydrogen-bond acceptors (Lipinski definition) is 7. The molecule has 0 radical (unpaired) electrons. The first kappa shape index (κ1) is 30.1. The topological polar surface area (TPSA) is 95.4 Å². The van der Waals surface area contributed by atoms with Crippen molar-refractivity contribution >= 4 is 45.9 Å². The summed E-state index contributed by atoms with van der Waals surface area (Å²) in [5.41, 5.74) is 5.02. The van der Waals surface area contributed by atoms with Gasteiger partial charge in [0.05, 0.1) is 0 Å². The molecule has 6 rings (SSSR count). The van der Waals surface area contributed by atoms with Gasteiger partial charge in [0.25, 0.3) is 5.56 Å². The number of likely N-dealkylation sites (N-methyl/N-ethyl adjacent to an activating group) is 1. The van der Waals surface area contributed by atoms with Gasteiger partial charge in [0.15, 0.2) is 0 Å². The highest BCUT2D eigenvalue weighted by atomic mass is 35.5. The third-order valence-corrected chi connectivity index (χ3v) is 9.31. The van der Waals surface area contributed by atoms with Crippen LogP contribution < -0.4 is 21.1 Å². The second kappa shape index (κ2) is 13.0. The van der Waals surface area contributed by atoms with Crippen molar-refractivity contribution in [3.63, 3.8) is 0 Å². The summed E-state index contributed by atoms with van der Waals surface area (Å²) in [6.45, 7) is 8.13. The van der Waals surface area contributed by atoms with E-state index in [1.165, 1.54) is 11.3 Å². The van der Waals surface area contributed by atoms with E-state index in [2.05, 4.69) is 57.6 Å². The van der Waals surface area contributed by atoms with E-state index in [0.717, 1.165) is 62.9 Å². The van der Waals surface area contributed by atoms with Gasteiger partial charge in [-0.05, 0) is 75.5 Å². The second-order valence-corrected chi connectivity index (χ2v) is 12.4. The van der Waals surface area contributed by atoms with Crippen LogP contribution in [0.2, 0.25) is 5.02 Å². The number of pyridine rings is 1. The third kappa shape index (κ3) is 6.30. The number of nitrogens with one attached hydrogen (secondary N) is 2. The summed E-state index contributed by atoms with van der Waals surface area (Å²) in [7, 11) is 2.16. The molecule has 2 aromatic heterocycles. The molecule has 1 saturated carbocycles. The number of fused-ring (bicyclic) bond motifs is 1. The van der Waals surface area contributed by atoms with Crippen LogP contribution in [0.25, 0.3) is 22.2 Å². The lowest BCUT2D eigenvalue weighted by molar-refractivity contribution is -0.121. The molecular formula is C34H40ClN7O2. The Kier molecular flexibility index (Phi) is 8.86. The van der Waals surface area contributed by atoms with Crippen molar-refractivity contribution in [3.05, 3.63) is 75.7 Å². The van der Waals surface area contributed by atoms with Crippen molar-refractivity contribution in [3.8, 4) is 11.1 Å². The van der Waals surface area contributed by atoms with Crippen LogP contribution in [-0.2, 0) is 4.79 Å². The number of piperazine rings is 1. The van der Waals surface area contributed by atoms with E-state index in [-0.39, 0.29) is 23.6 Å². The van der Waals surface area contributed by atoms with Gasteiger partial charge in [-0.15, -0.1) is 0 Å². The fourth-order valence-electron chi connectivity index (χ4n) is 6.46. The Morgan fingerprint density at radius 1 is 1.00 bits per heavy atom. The maximum Gasteiger partial charge on any atom is 0.260 e. The van der Waals surface area contributed by atoms with Gasteiger partial charge in [-0.2, -0.15) is 4.98 Å². The van der Waals surface area contributed by atoms with E-state index in [0.29, 0.717) is 34.2 Å². The van der Waals surface area contributed by atoms with Gasteiger partial charge in [0, 0.05) is 83.8 Å². The molecule has 4 aromatic rings. The minimum absolute atomic E-state index is 0.0601. The molecule has 2 aromatic carbocycles. The van der Waals surface area contributed by atoms with Crippen LogP contribution in [0.4, 0.5) is 17.3 Å². The predicted octanol–water partition coefficient (Wildman–Crippen LogP) is 5.93. The molecule has 1 aliphatic heterocycles. The summed E-state index contributed by atoms with van der Waals surface area (Å²) in [6.07, 6.45) is 5.37. The molecule has 3 heterocycles. The fraction of sp³-hybridized carbons (Fsp3) is 0.412. The molecule has 1 aliphatic carbocycles. The molecule has 0 atom stereocenters. The summed E-state index contributed by atoms with van der Waals surface area (Å²) in [5.74, 6) is 0.499. The molecule has 0 unspecified atom stereocenters. The maximum atomic E-state index is 14.2. The van der Waals surface area contributed by atoms with Gasteiger partial charge >= 0.3 is 0 Å². The Hall–Kier alpha value is -3.95. The zero-order chi connectivity index (χ0) is 30.8. The van der Waals surface area contributed by atoms with Gasteiger partial charge < -0.3 is 20.4 Å². The summed E-state index contributed by atoms with van der Waals surface area (Å²) in [5, 5.41) is 7.80. The first-order valence-corrected chi connectivity index (χ1v) is 16.0. The number of nitrogens with zero attached hydrogens (tertiary/aromatic N) is 5. The van der Waals surface area contributed by atoms with Crippen LogP contribution in [0, 0.1) is 6.92 Å². The standard InChI is InChI=1S/C34H40ClN7O2/c1-4-31(43)37-24-9-12-26(13-10-24)42-32-23(20-28(33(42)44)27-7-5-6-8-29(27)35)21-36-34(39-32)38-25-11-14-30(22(2)19-25)41-17-15-40(3)16-18-41/h5-8,11,14,19-21,24,26H,4,9-10,12-13,15-18H2,1-3H3,(H,37,43)(H,36,38,39)/t24-,26-. The fourth-order valence-corrected chi connectivity index (χ4v) is 6.70. The number of aromatic nitrogens is 3. The maximum absolute atomic E-state index is 14.2. The monoisotopic (exact) mass is 613 g/mol. The van der Waals surface area contributed by atoms with Gasteiger partial charge in [0.1, 0.15) is 5.65 Å². The van der Waals surface area contributed by atoms with E-state index in [9.17, 15) is 9.59 Å². The largest absolute Gasteiger partial charge is 0.369 e. The van der Waals surface area contributed by atoms with E-state index >= 15 is 0 Å². The molecule has 0 bridgehead atoms. The molecule has 9 nitrogen and oxygen atoms in total. The number of halogens is 1. The zero-order valence-corrected chi connectivity index (χ0v) is 26.4. The van der Waals surface area contributed by atoms with Gasteiger partial charge in [-0.1, -0.05) is 36.7 Å². The van der Waals surface area contributed by atoms with Crippen molar-refractivity contribution in [1.82, 2.24) is 24.8 Å². The Bertz CT molecular complexity index is 1720. The summed E-state index contributed by atoms with van der Waals surface area (Å²) < 4.78 is 1.83.